The van der Waals surface area contributed by atoms with Crippen LogP contribution in [0.15, 0.2) is 28.7 Å². The lowest BCUT2D eigenvalue weighted by molar-refractivity contribution is 0.174. The van der Waals surface area contributed by atoms with Crippen molar-refractivity contribution in [3.05, 3.63) is 28.7 Å². The van der Waals surface area contributed by atoms with Crippen molar-refractivity contribution in [2.45, 2.75) is 25.8 Å². The largest absolute Gasteiger partial charge is 0.394 e. The Bertz CT molecular complexity index is 424. The molecular weight excluding hydrogens is 310 g/mol. The van der Waals surface area contributed by atoms with E-state index in [-0.39, 0.29) is 17.6 Å². The zero-order valence-corrected chi connectivity index (χ0v) is 13.3. The first-order chi connectivity index (χ1) is 8.45. The Labute approximate surface area is 122 Å². The van der Waals surface area contributed by atoms with E-state index in [0.29, 0.717) is 0 Å². The molecule has 1 heterocycles. The molecule has 1 saturated heterocycles. The summed E-state index contributed by atoms with van der Waals surface area (Å²) in [5.41, 5.74) is 1.13. The Kier molecular flexibility index (Phi) is 4.29. The lowest BCUT2D eigenvalue weighted by Gasteiger charge is -2.44. The number of halogens is 1. The van der Waals surface area contributed by atoms with Crippen LogP contribution in [0.1, 0.15) is 20.3 Å². The molecule has 1 aromatic rings. The highest BCUT2D eigenvalue weighted by Crippen LogP contribution is 2.40. The summed E-state index contributed by atoms with van der Waals surface area (Å²) in [7, 11) is 0. The molecule has 2 N–H and O–H groups in total. The lowest BCUT2D eigenvalue weighted by atomic mass is 9.80. The highest BCUT2D eigenvalue weighted by molar-refractivity contribution is 9.10. The zero-order chi connectivity index (χ0) is 13.2. The Hall–Kier alpha value is -0.190. The summed E-state index contributed by atoms with van der Waals surface area (Å²) in [6.45, 7) is 4.72. The van der Waals surface area contributed by atoms with Crippen LogP contribution >= 0.6 is 27.7 Å². The van der Waals surface area contributed by atoms with Crippen LogP contribution in [-0.4, -0.2) is 28.8 Å². The fourth-order valence-electron chi connectivity index (χ4n) is 2.63. The van der Waals surface area contributed by atoms with Crippen LogP contribution in [0.5, 0.6) is 0 Å². The van der Waals surface area contributed by atoms with E-state index in [4.69, 9.17) is 0 Å². The van der Waals surface area contributed by atoms with Gasteiger partial charge in [0, 0.05) is 15.9 Å². The van der Waals surface area contributed by atoms with Gasteiger partial charge in [-0.25, -0.2) is 0 Å². The minimum absolute atomic E-state index is 0.177. The van der Waals surface area contributed by atoms with E-state index < -0.39 is 0 Å². The van der Waals surface area contributed by atoms with Gasteiger partial charge in [-0.3, -0.25) is 0 Å². The molecule has 1 aromatic carbocycles. The number of hydrogen-bond acceptors (Lipinski definition) is 3. The fourth-order valence-corrected chi connectivity index (χ4v) is 4.45. The molecule has 2 rings (SSSR count). The van der Waals surface area contributed by atoms with Gasteiger partial charge in [-0.15, -0.1) is 0 Å². The van der Waals surface area contributed by atoms with Gasteiger partial charge in [0.1, 0.15) is 0 Å². The van der Waals surface area contributed by atoms with Crippen molar-refractivity contribution in [1.29, 1.82) is 0 Å². The van der Waals surface area contributed by atoms with Gasteiger partial charge < -0.3 is 10.4 Å². The molecule has 0 radical (unpaired) electrons. The summed E-state index contributed by atoms with van der Waals surface area (Å²) in [4.78, 5) is 0. The van der Waals surface area contributed by atoms with Crippen molar-refractivity contribution < 1.29 is 5.11 Å². The summed E-state index contributed by atoms with van der Waals surface area (Å²) < 4.78 is 1.06. The third kappa shape index (κ3) is 3.43. The van der Waals surface area contributed by atoms with Gasteiger partial charge in [-0.2, -0.15) is 11.8 Å². The monoisotopic (exact) mass is 329 g/mol. The lowest BCUT2D eigenvalue weighted by Crippen LogP contribution is -2.51. The molecule has 0 saturated carbocycles. The minimum atomic E-state index is -0.201. The molecule has 0 amide bonds. The highest BCUT2D eigenvalue weighted by atomic mass is 79.9. The van der Waals surface area contributed by atoms with Gasteiger partial charge in [0.15, 0.2) is 0 Å². The Morgan fingerprint density at radius 3 is 2.78 bits per heavy atom. The van der Waals surface area contributed by atoms with Crippen molar-refractivity contribution in [3.8, 4) is 0 Å². The van der Waals surface area contributed by atoms with Crippen molar-refractivity contribution in [1.82, 2.24) is 0 Å². The molecule has 1 aliphatic heterocycles. The first-order valence-electron chi connectivity index (χ1n) is 6.17. The highest BCUT2D eigenvalue weighted by Gasteiger charge is 2.40. The zero-order valence-electron chi connectivity index (χ0n) is 10.9. The second kappa shape index (κ2) is 5.43. The molecule has 1 unspecified atom stereocenters. The molecular formula is C14H20BrNOS. The molecule has 18 heavy (non-hydrogen) atoms. The summed E-state index contributed by atoms with van der Waals surface area (Å²) in [6, 6.07) is 8.13. The molecule has 1 atom stereocenters. The van der Waals surface area contributed by atoms with Gasteiger partial charge in [0.2, 0.25) is 0 Å². The van der Waals surface area contributed by atoms with Gasteiger partial charge >= 0.3 is 0 Å². The Morgan fingerprint density at radius 2 is 2.17 bits per heavy atom. The summed E-state index contributed by atoms with van der Waals surface area (Å²) in [5, 5.41) is 13.4. The number of benzene rings is 1. The minimum Gasteiger partial charge on any atom is -0.394 e. The van der Waals surface area contributed by atoms with E-state index in [1.807, 2.05) is 23.9 Å². The van der Waals surface area contributed by atoms with Crippen LogP contribution in [0.3, 0.4) is 0 Å². The van der Waals surface area contributed by atoms with E-state index in [2.05, 4.69) is 47.2 Å². The van der Waals surface area contributed by atoms with E-state index in [9.17, 15) is 5.11 Å². The average molecular weight is 330 g/mol. The Balaban J connectivity index is 2.18. The van der Waals surface area contributed by atoms with Gasteiger partial charge in [0.05, 0.1) is 12.1 Å². The van der Waals surface area contributed by atoms with E-state index in [1.54, 1.807) is 0 Å². The third-order valence-corrected chi connectivity index (χ3v) is 5.46. The van der Waals surface area contributed by atoms with Gasteiger partial charge in [-0.05, 0) is 35.8 Å². The first-order valence-corrected chi connectivity index (χ1v) is 8.12. The molecule has 0 aliphatic carbocycles. The standard InChI is InChI=1S/C14H20BrNOS/c1-13(2)7-14(8-17,10-18-9-13)16-12-5-3-4-11(15)6-12/h3-6,16-17H,7-10H2,1-2H3. The smallest absolute Gasteiger partial charge is 0.0699 e. The van der Waals surface area contributed by atoms with Crippen molar-refractivity contribution in [3.63, 3.8) is 0 Å². The molecule has 2 nitrogen and oxygen atoms in total. The quantitative estimate of drug-likeness (QED) is 0.885. The molecule has 0 aromatic heterocycles. The average Bonchev–Trinajstić information content (AvgIpc) is 2.27. The molecule has 0 bridgehead atoms. The second-order valence-corrected chi connectivity index (χ2v) is 7.81. The fraction of sp³-hybridized carbons (Fsp3) is 0.571. The van der Waals surface area contributed by atoms with Crippen molar-refractivity contribution >= 4 is 33.4 Å². The van der Waals surface area contributed by atoms with E-state index in [0.717, 1.165) is 28.1 Å². The number of nitrogens with one attached hydrogen (secondary N) is 1. The van der Waals surface area contributed by atoms with Crippen LogP contribution in [0.25, 0.3) is 0 Å². The molecule has 0 spiro atoms. The number of aliphatic hydroxyl groups is 1. The predicted molar refractivity (Wildman–Crippen MR) is 83.3 cm³/mol. The van der Waals surface area contributed by atoms with Crippen LogP contribution in [0.4, 0.5) is 5.69 Å². The van der Waals surface area contributed by atoms with Gasteiger partial charge in [-0.1, -0.05) is 35.8 Å². The number of hydrogen-bond donors (Lipinski definition) is 2. The number of thioether (sulfide) groups is 1. The summed E-state index contributed by atoms with van der Waals surface area (Å²) >= 11 is 5.40. The SMILES string of the molecule is CC1(C)CSCC(CO)(Nc2cccc(Br)c2)C1. The maximum absolute atomic E-state index is 9.82. The molecule has 1 aliphatic rings. The number of rotatable bonds is 3. The molecule has 4 heteroatoms. The van der Waals surface area contributed by atoms with Crippen LogP contribution in [0, 0.1) is 5.41 Å². The molecule has 1 fully saturated rings. The van der Waals surface area contributed by atoms with E-state index >= 15 is 0 Å². The van der Waals surface area contributed by atoms with E-state index in [1.165, 1.54) is 0 Å². The van der Waals surface area contributed by atoms with Crippen LogP contribution < -0.4 is 5.32 Å². The van der Waals surface area contributed by atoms with Crippen molar-refractivity contribution in [2.75, 3.05) is 23.4 Å². The second-order valence-electron chi connectivity index (χ2n) is 5.91. The predicted octanol–water partition coefficient (Wildman–Crippen LogP) is 3.76. The number of anilines is 1. The summed E-state index contributed by atoms with van der Waals surface area (Å²) in [5.74, 6) is 2.12. The van der Waals surface area contributed by atoms with Gasteiger partial charge in [0.25, 0.3) is 0 Å². The first kappa shape index (κ1) is 14.2. The van der Waals surface area contributed by atoms with Crippen LogP contribution in [0.2, 0.25) is 0 Å². The number of aliphatic hydroxyl groups excluding tert-OH is 1. The maximum atomic E-state index is 9.82. The normalized spacial score (nSPS) is 26.9. The van der Waals surface area contributed by atoms with Crippen molar-refractivity contribution in [2.24, 2.45) is 5.41 Å². The summed E-state index contributed by atoms with van der Waals surface area (Å²) in [6.07, 6.45) is 0.996. The Morgan fingerprint density at radius 1 is 1.39 bits per heavy atom. The van der Waals surface area contributed by atoms with Crippen LogP contribution in [-0.2, 0) is 0 Å². The third-order valence-electron chi connectivity index (χ3n) is 3.22. The maximum Gasteiger partial charge on any atom is 0.0699 e. The topological polar surface area (TPSA) is 32.3 Å². The molecule has 100 valence electrons.